The first-order valence-corrected chi connectivity index (χ1v) is 6.08. The van der Waals surface area contributed by atoms with Gasteiger partial charge in [0.2, 0.25) is 0 Å². The third-order valence-corrected chi connectivity index (χ3v) is 2.44. The maximum Gasteiger partial charge on any atom is 0.0689 e. The van der Waals surface area contributed by atoms with Crippen molar-refractivity contribution in [2.45, 2.75) is 59.9 Å². The molecule has 2 atom stereocenters. The minimum atomic E-state index is 0.252. The van der Waals surface area contributed by atoms with Gasteiger partial charge in [0.15, 0.2) is 0 Å². The third-order valence-electron chi connectivity index (χ3n) is 2.44. The van der Waals surface area contributed by atoms with E-state index in [-0.39, 0.29) is 6.04 Å². The largest absolute Gasteiger partial charge is 0.304 e. The fourth-order valence-corrected chi connectivity index (χ4v) is 2.06. The average Bonchev–Trinajstić information content (AvgIpc) is 2.09. The van der Waals surface area contributed by atoms with Gasteiger partial charge in [-0.3, -0.25) is 0 Å². The van der Waals surface area contributed by atoms with Gasteiger partial charge < -0.3 is 5.32 Å². The van der Waals surface area contributed by atoms with Crippen LogP contribution in [0.25, 0.3) is 0 Å². The fraction of sp³-hybridized carbons (Fsp3) is 0.857. The number of rotatable bonds is 6. The minimum Gasteiger partial charge on any atom is -0.304 e. The minimum absolute atomic E-state index is 0.252. The van der Waals surface area contributed by atoms with Crippen LogP contribution in [0.5, 0.6) is 0 Å². The van der Waals surface area contributed by atoms with E-state index in [0.29, 0.717) is 11.3 Å². The molecule has 2 unspecified atom stereocenters. The molecule has 15 heavy (non-hydrogen) atoms. The van der Waals surface area contributed by atoms with Crippen LogP contribution in [-0.2, 0) is 0 Å². The molecule has 0 aromatic rings. The Morgan fingerprint density at radius 2 is 1.93 bits per heavy atom. The van der Waals surface area contributed by atoms with Crippen molar-refractivity contribution in [2.75, 3.05) is 6.54 Å². The van der Waals surface area contributed by atoms with Crippen molar-refractivity contribution in [1.29, 1.82) is 0 Å². The summed E-state index contributed by atoms with van der Waals surface area (Å²) in [5.41, 5.74) is 0.406. The van der Waals surface area contributed by atoms with Gasteiger partial charge in [-0.15, -0.1) is 6.42 Å². The molecule has 0 aromatic carbocycles. The summed E-state index contributed by atoms with van der Waals surface area (Å²) in [7, 11) is 0. The molecule has 0 aliphatic carbocycles. The van der Waals surface area contributed by atoms with E-state index in [2.05, 4.69) is 45.9 Å². The summed E-state index contributed by atoms with van der Waals surface area (Å²) in [6.45, 7) is 12.3. The summed E-state index contributed by atoms with van der Waals surface area (Å²) in [6.07, 6.45) is 8.98. The molecule has 0 saturated carbocycles. The lowest BCUT2D eigenvalue weighted by Crippen LogP contribution is -2.30. The van der Waals surface area contributed by atoms with Gasteiger partial charge in [0.1, 0.15) is 0 Å². The second kappa shape index (κ2) is 6.90. The molecule has 0 saturated heterocycles. The Hall–Kier alpha value is -0.480. The molecule has 0 aliphatic rings. The van der Waals surface area contributed by atoms with E-state index in [1.165, 1.54) is 6.42 Å². The lowest BCUT2D eigenvalue weighted by molar-refractivity contribution is 0.286. The lowest BCUT2D eigenvalue weighted by atomic mass is 9.83. The fourth-order valence-electron chi connectivity index (χ4n) is 2.06. The first-order valence-electron chi connectivity index (χ1n) is 6.08. The van der Waals surface area contributed by atoms with Crippen LogP contribution in [0.4, 0.5) is 0 Å². The van der Waals surface area contributed by atoms with Crippen molar-refractivity contribution >= 4 is 0 Å². The van der Waals surface area contributed by atoms with Crippen molar-refractivity contribution in [3.05, 3.63) is 0 Å². The molecule has 0 rings (SSSR count). The number of hydrogen-bond donors (Lipinski definition) is 1. The Kier molecular flexibility index (Phi) is 6.68. The summed E-state index contributed by atoms with van der Waals surface area (Å²) >= 11 is 0. The van der Waals surface area contributed by atoms with Crippen molar-refractivity contribution in [3.8, 4) is 12.3 Å². The second-order valence-corrected chi connectivity index (χ2v) is 5.78. The molecular formula is C14H27N. The zero-order valence-electron chi connectivity index (χ0n) is 11.1. The first kappa shape index (κ1) is 14.5. The molecule has 0 amide bonds. The quantitative estimate of drug-likeness (QED) is 0.661. The van der Waals surface area contributed by atoms with Crippen LogP contribution < -0.4 is 5.32 Å². The Bertz CT molecular complexity index is 194. The summed E-state index contributed by atoms with van der Waals surface area (Å²) < 4.78 is 0. The highest BCUT2D eigenvalue weighted by Gasteiger charge is 2.17. The van der Waals surface area contributed by atoms with Gasteiger partial charge in [-0.2, -0.15) is 0 Å². The predicted molar refractivity (Wildman–Crippen MR) is 68.8 cm³/mol. The molecule has 0 radical (unpaired) electrons. The molecular weight excluding hydrogens is 182 g/mol. The van der Waals surface area contributed by atoms with Gasteiger partial charge in [0.25, 0.3) is 0 Å². The number of terminal acetylenes is 1. The van der Waals surface area contributed by atoms with Gasteiger partial charge in [0, 0.05) is 0 Å². The highest BCUT2D eigenvalue weighted by Crippen LogP contribution is 2.26. The smallest absolute Gasteiger partial charge is 0.0689 e. The predicted octanol–water partition coefficient (Wildman–Crippen LogP) is 3.45. The highest BCUT2D eigenvalue weighted by molar-refractivity contribution is 4.99. The standard InChI is InChI=1S/C14H27N/c1-7-9-15-13(8-2)10-12(3)11-14(4,5)6/h2,12-13,15H,7,9-11H2,1,3-6H3. The molecule has 1 N–H and O–H groups in total. The summed E-state index contributed by atoms with van der Waals surface area (Å²) in [4.78, 5) is 0. The Labute approximate surface area is 96.0 Å². The molecule has 1 heteroatoms. The van der Waals surface area contributed by atoms with Crippen molar-refractivity contribution in [1.82, 2.24) is 5.32 Å². The van der Waals surface area contributed by atoms with Crippen molar-refractivity contribution in [2.24, 2.45) is 11.3 Å². The molecule has 0 heterocycles. The highest BCUT2D eigenvalue weighted by atomic mass is 14.9. The Morgan fingerprint density at radius 3 is 2.33 bits per heavy atom. The normalized spacial score (nSPS) is 15.7. The molecule has 88 valence electrons. The SMILES string of the molecule is C#CC(CC(C)CC(C)(C)C)NCCC. The van der Waals surface area contributed by atoms with E-state index >= 15 is 0 Å². The van der Waals surface area contributed by atoms with Crippen molar-refractivity contribution < 1.29 is 0 Å². The van der Waals surface area contributed by atoms with E-state index in [0.717, 1.165) is 19.4 Å². The van der Waals surface area contributed by atoms with Crippen LogP contribution in [0.1, 0.15) is 53.9 Å². The second-order valence-electron chi connectivity index (χ2n) is 5.78. The zero-order valence-corrected chi connectivity index (χ0v) is 11.1. The van der Waals surface area contributed by atoms with Crippen LogP contribution >= 0.6 is 0 Å². The maximum atomic E-state index is 5.51. The Morgan fingerprint density at radius 1 is 1.33 bits per heavy atom. The molecule has 0 aromatic heterocycles. The van der Waals surface area contributed by atoms with Gasteiger partial charge in [-0.1, -0.05) is 40.5 Å². The average molecular weight is 209 g/mol. The summed E-state index contributed by atoms with van der Waals surface area (Å²) in [5.74, 6) is 3.53. The molecule has 0 spiro atoms. The van der Waals surface area contributed by atoms with E-state index < -0.39 is 0 Å². The third kappa shape index (κ3) is 8.51. The van der Waals surface area contributed by atoms with Crippen LogP contribution in [0.3, 0.4) is 0 Å². The monoisotopic (exact) mass is 209 g/mol. The lowest BCUT2D eigenvalue weighted by Gasteiger charge is -2.25. The van der Waals surface area contributed by atoms with Gasteiger partial charge >= 0.3 is 0 Å². The van der Waals surface area contributed by atoms with Gasteiger partial charge in [-0.05, 0) is 37.1 Å². The molecule has 0 aliphatic heterocycles. The van der Waals surface area contributed by atoms with E-state index in [4.69, 9.17) is 6.42 Å². The van der Waals surface area contributed by atoms with Gasteiger partial charge in [0.05, 0.1) is 6.04 Å². The summed E-state index contributed by atoms with van der Waals surface area (Å²) in [6, 6.07) is 0.252. The van der Waals surface area contributed by atoms with Crippen LogP contribution in [0.15, 0.2) is 0 Å². The summed E-state index contributed by atoms with van der Waals surface area (Å²) in [5, 5.41) is 3.40. The van der Waals surface area contributed by atoms with E-state index in [9.17, 15) is 0 Å². The Balaban J connectivity index is 3.92. The van der Waals surface area contributed by atoms with Crippen molar-refractivity contribution in [3.63, 3.8) is 0 Å². The van der Waals surface area contributed by atoms with Gasteiger partial charge in [-0.25, -0.2) is 0 Å². The van der Waals surface area contributed by atoms with Crippen LogP contribution in [-0.4, -0.2) is 12.6 Å². The zero-order chi connectivity index (χ0) is 11.9. The molecule has 1 nitrogen and oxygen atoms in total. The topological polar surface area (TPSA) is 12.0 Å². The first-order chi connectivity index (χ1) is 6.89. The number of nitrogens with one attached hydrogen (secondary N) is 1. The maximum absolute atomic E-state index is 5.51. The van der Waals surface area contributed by atoms with E-state index in [1.807, 2.05) is 0 Å². The molecule has 0 bridgehead atoms. The number of hydrogen-bond acceptors (Lipinski definition) is 1. The van der Waals surface area contributed by atoms with Crippen LogP contribution in [0, 0.1) is 23.7 Å². The van der Waals surface area contributed by atoms with Crippen LogP contribution in [0.2, 0.25) is 0 Å². The molecule has 0 fully saturated rings. The van der Waals surface area contributed by atoms with E-state index in [1.54, 1.807) is 0 Å².